The third-order valence-corrected chi connectivity index (χ3v) is 3.53. The van der Waals surface area contributed by atoms with Gasteiger partial charge < -0.3 is 9.64 Å². The van der Waals surface area contributed by atoms with Crippen LogP contribution in [0.1, 0.15) is 72.6 Å². The van der Waals surface area contributed by atoms with Gasteiger partial charge in [-0.25, -0.2) is 0 Å². The lowest BCUT2D eigenvalue weighted by atomic mass is 9.97. The van der Waals surface area contributed by atoms with E-state index in [2.05, 4.69) is 6.92 Å². The fraction of sp³-hybridized carbons (Fsp3) is 0.875. The average Bonchev–Trinajstić information content (AvgIpc) is 2.35. The molecule has 1 heterocycles. The van der Waals surface area contributed by atoms with Gasteiger partial charge in [0.05, 0.1) is 6.42 Å². The maximum atomic E-state index is 12.3. The van der Waals surface area contributed by atoms with Crippen LogP contribution in [0.5, 0.6) is 0 Å². The van der Waals surface area contributed by atoms with E-state index in [1.165, 1.54) is 6.42 Å². The maximum absolute atomic E-state index is 12.3. The Balaban J connectivity index is 2.42. The highest BCUT2D eigenvalue weighted by Crippen LogP contribution is 2.22. The summed E-state index contributed by atoms with van der Waals surface area (Å²) in [6.07, 6.45) is 6.02. The summed E-state index contributed by atoms with van der Waals surface area (Å²) in [6, 6.07) is 0.375. The molecular formula is C16H29NO3. The molecule has 0 aliphatic carbocycles. The monoisotopic (exact) mass is 283 g/mol. The molecule has 1 aliphatic heterocycles. The molecule has 1 atom stereocenters. The smallest absolute Gasteiger partial charge is 0.306 e. The highest BCUT2D eigenvalue weighted by atomic mass is 16.6. The predicted octanol–water partition coefficient (Wildman–Crippen LogP) is 3.29. The van der Waals surface area contributed by atoms with Gasteiger partial charge in [-0.1, -0.05) is 13.3 Å². The topological polar surface area (TPSA) is 46.6 Å². The SMILES string of the molecule is CCCC1CCCCN1C(=O)CCC(=O)OC(C)(C)C. The van der Waals surface area contributed by atoms with Gasteiger partial charge in [-0.15, -0.1) is 0 Å². The molecule has 116 valence electrons. The van der Waals surface area contributed by atoms with Gasteiger partial charge in [0, 0.05) is 19.0 Å². The van der Waals surface area contributed by atoms with E-state index in [1.807, 2.05) is 25.7 Å². The number of piperidine rings is 1. The molecule has 0 spiro atoms. The van der Waals surface area contributed by atoms with Crippen molar-refractivity contribution >= 4 is 11.9 Å². The summed E-state index contributed by atoms with van der Waals surface area (Å²) < 4.78 is 5.24. The van der Waals surface area contributed by atoms with Crippen molar-refractivity contribution < 1.29 is 14.3 Å². The average molecular weight is 283 g/mol. The van der Waals surface area contributed by atoms with Gasteiger partial charge in [0.2, 0.25) is 5.91 Å². The van der Waals surface area contributed by atoms with Gasteiger partial charge >= 0.3 is 5.97 Å². The number of rotatable bonds is 5. The molecule has 1 aliphatic rings. The minimum absolute atomic E-state index is 0.106. The molecule has 0 radical (unpaired) electrons. The number of carbonyl (C=O) groups excluding carboxylic acids is 2. The summed E-state index contributed by atoms with van der Waals surface area (Å²) >= 11 is 0. The van der Waals surface area contributed by atoms with Crippen LogP contribution in [-0.4, -0.2) is 35.0 Å². The second kappa shape index (κ2) is 7.65. The van der Waals surface area contributed by atoms with E-state index >= 15 is 0 Å². The number of ether oxygens (including phenoxy) is 1. The highest BCUT2D eigenvalue weighted by molar-refractivity contribution is 5.81. The van der Waals surface area contributed by atoms with Gasteiger partial charge in [0.25, 0.3) is 0 Å². The summed E-state index contributed by atoms with van der Waals surface area (Å²) in [5, 5.41) is 0. The molecule has 4 nitrogen and oxygen atoms in total. The number of hydrogen-bond donors (Lipinski definition) is 0. The molecule has 1 rings (SSSR count). The van der Waals surface area contributed by atoms with Gasteiger partial charge in [-0.3, -0.25) is 9.59 Å². The van der Waals surface area contributed by atoms with Crippen molar-refractivity contribution in [3.8, 4) is 0 Å². The summed E-state index contributed by atoms with van der Waals surface area (Å²) in [4.78, 5) is 25.9. The van der Waals surface area contributed by atoms with E-state index in [0.29, 0.717) is 6.04 Å². The Kier molecular flexibility index (Phi) is 6.50. The van der Waals surface area contributed by atoms with Crippen molar-refractivity contribution in [2.75, 3.05) is 6.54 Å². The molecule has 20 heavy (non-hydrogen) atoms. The van der Waals surface area contributed by atoms with Crippen LogP contribution < -0.4 is 0 Å². The maximum Gasteiger partial charge on any atom is 0.306 e. The molecule has 0 bridgehead atoms. The van der Waals surface area contributed by atoms with Gasteiger partial charge in [0.15, 0.2) is 0 Å². The zero-order valence-corrected chi connectivity index (χ0v) is 13.4. The van der Waals surface area contributed by atoms with Crippen LogP contribution >= 0.6 is 0 Å². The highest BCUT2D eigenvalue weighted by Gasteiger charge is 2.26. The van der Waals surface area contributed by atoms with Crippen molar-refractivity contribution in [3.05, 3.63) is 0 Å². The summed E-state index contributed by atoms with van der Waals surface area (Å²) in [6.45, 7) is 8.52. The van der Waals surface area contributed by atoms with E-state index in [0.717, 1.165) is 32.2 Å². The van der Waals surface area contributed by atoms with E-state index in [-0.39, 0.29) is 24.7 Å². The fourth-order valence-electron chi connectivity index (χ4n) is 2.71. The molecule has 0 aromatic rings. The minimum Gasteiger partial charge on any atom is -0.460 e. The Morgan fingerprint density at radius 1 is 1.20 bits per heavy atom. The first-order chi connectivity index (χ1) is 9.33. The lowest BCUT2D eigenvalue weighted by Gasteiger charge is -2.36. The van der Waals surface area contributed by atoms with Crippen LogP contribution in [0.2, 0.25) is 0 Å². The molecular weight excluding hydrogens is 254 g/mol. The number of hydrogen-bond acceptors (Lipinski definition) is 3. The second-order valence-corrected chi connectivity index (χ2v) is 6.61. The molecule has 4 heteroatoms. The van der Waals surface area contributed by atoms with Crippen molar-refractivity contribution in [2.24, 2.45) is 0 Å². The Morgan fingerprint density at radius 3 is 2.50 bits per heavy atom. The van der Waals surface area contributed by atoms with Crippen LogP contribution in [0, 0.1) is 0 Å². The summed E-state index contributed by atoms with van der Waals surface area (Å²) in [5.41, 5.74) is -0.476. The predicted molar refractivity (Wildman–Crippen MR) is 79.3 cm³/mol. The fourth-order valence-corrected chi connectivity index (χ4v) is 2.71. The molecule has 0 aromatic carbocycles. The number of carbonyl (C=O) groups is 2. The number of nitrogens with zero attached hydrogens (tertiary/aromatic N) is 1. The molecule has 1 unspecified atom stereocenters. The number of amides is 1. The molecule has 0 saturated carbocycles. The first-order valence-electron chi connectivity index (χ1n) is 7.85. The lowest BCUT2D eigenvalue weighted by Crippen LogP contribution is -2.43. The van der Waals surface area contributed by atoms with Crippen LogP contribution in [-0.2, 0) is 14.3 Å². The summed E-state index contributed by atoms with van der Waals surface area (Å²) in [7, 11) is 0. The van der Waals surface area contributed by atoms with E-state index < -0.39 is 5.60 Å². The Labute approximate surface area is 122 Å². The van der Waals surface area contributed by atoms with Crippen molar-refractivity contribution in [3.63, 3.8) is 0 Å². The van der Waals surface area contributed by atoms with E-state index in [9.17, 15) is 9.59 Å². The number of esters is 1. The zero-order valence-electron chi connectivity index (χ0n) is 13.4. The first-order valence-corrected chi connectivity index (χ1v) is 7.85. The van der Waals surface area contributed by atoms with Gasteiger partial charge in [-0.2, -0.15) is 0 Å². The van der Waals surface area contributed by atoms with E-state index in [1.54, 1.807) is 0 Å². The van der Waals surface area contributed by atoms with Crippen molar-refractivity contribution in [1.82, 2.24) is 4.90 Å². The van der Waals surface area contributed by atoms with Crippen LogP contribution in [0.4, 0.5) is 0 Å². The molecule has 1 fully saturated rings. The third-order valence-electron chi connectivity index (χ3n) is 3.53. The normalized spacial score (nSPS) is 19.8. The Hall–Kier alpha value is -1.06. The van der Waals surface area contributed by atoms with Gasteiger partial charge in [-0.05, 0) is 46.5 Å². The lowest BCUT2D eigenvalue weighted by molar-refractivity contribution is -0.156. The first kappa shape index (κ1) is 17.0. The summed E-state index contributed by atoms with van der Waals surface area (Å²) in [5.74, 6) is -0.177. The Bertz CT molecular complexity index is 331. The molecule has 1 amide bonds. The second-order valence-electron chi connectivity index (χ2n) is 6.61. The zero-order chi connectivity index (χ0) is 15.2. The van der Waals surface area contributed by atoms with Crippen molar-refractivity contribution in [2.45, 2.75) is 84.3 Å². The molecule has 1 saturated heterocycles. The van der Waals surface area contributed by atoms with Crippen LogP contribution in [0.25, 0.3) is 0 Å². The van der Waals surface area contributed by atoms with Crippen LogP contribution in [0.15, 0.2) is 0 Å². The number of likely N-dealkylation sites (tertiary alicyclic amines) is 1. The third kappa shape index (κ3) is 5.93. The molecule has 0 aromatic heterocycles. The molecule has 0 N–H and O–H groups in total. The van der Waals surface area contributed by atoms with Crippen molar-refractivity contribution in [1.29, 1.82) is 0 Å². The van der Waals surface area contributed by atoms with E-state index in [4.69, 9.17) is 4.74 Å². The quantitative estimate of drug-likeness (QED) is 0.727. The van der Waals surface area contributed by atoms with Gasteiger partial charge in [0.1, 0.15) is 5.60 Å². The largest absolute Gasteiger partial charge is 0.460 e. The Morgan fingerprint density at radius 2 is 1.90 bits per heavy atom. The minimum atomic E-state index is -0.476. The van der Waals surface area contributed by atoms with Crippen LogP contribution in [0.3, 0.4) is 0 Å². The standard InChI is InChI=1S/C16H29NO3/c1-5-8-13-9-6-7-12-17(13)14(18)10-11-15(19)20-16(2,3)4/h13H,5-12H2,1-4H3.